The molecule has 2 rings (SSSR count). The summed E-state index contributed by atoms with van der Waals surface area (Å²) in [6, 6.07) is 4.89. The summed E-state index contributed by atoms with van der Waals surface area (Å²) in [5.41, 5.74) is 1.62. The normalized spacial score (nSPS) is 12.7. The van der Waals surface area contributed by atoms with Crippen LogP contribution in [-0.2, 0) is 0 Å². The maximum Gasteiger partial charge on any atom is 0.164 e. The van der Waals surface area contributed by atoms with Gasteiger partial charge in [0.2, 0.25) is 0 Å². The van der Waals surface area contributed by atoms with E-state index in [-0.39, 0.29) is 6.04 Å². The molecule has 0 aliphatic heterocycles. The van der Waals surface area contributed by atoms with E-state index in [1.54, 1.807) is 19.1 Å². The van der Waals surface area contributed by atoms with Crippen LogP contribution in [0.5, 0.6) is 0 Å². The van der Waals surface area contributed by atoms with Crippen LogP contribution in [0.4, 0.5) is 8.78 Å². The molecule has 0 aliphatic rings. The quantitative estimate of drug-likeness (QED) is 0.774. The second-order valence-electron chi connectivity index (χ2n) is 4.67. The van der Waals surface area contributed by atoms with Crippen molar-refractivity contribution >= 4 is 27.3 Å². The van der Waals surface area contributed by atoms with Gasteiger partial charge < -0.3 is 5.32 Å². The van der Waals surface area contributed by atoms with Gasteiger partial charge in [0.1, 0.15) is 0 Å². The lowest BCUT2D eigenvalue weighted by molar-refractivity contribution is 0.476. The SMILES string of the molecule is CCCNC(c1csc(Br)c1)c1ccc(C)c(F)c1F. The van der Waals surface area contributed by atoms with Gasteiger partial charge in [0.25, 0.3) is 0 Å². The third-order valence-corrected chi connectivity index (χ3v) is 4.66. The Hall–Kier alpha value is -0.780. The van der Waals surface area contributed by atoms with E-state index >= 15 is 0 Å². The largest absolute Gasteiger partial charge is 0.306 e. The molecular formula is C15H16BrF2NS. The minimum absolute atomic E-state index is 0.326. The summed E-state index contributed by atoms with van der Waals surface area (Å²) in [6.07, 6.45) is 0.928. The smallest absolute Gasteiger partial charge is 0.164 e. The summed E-state index contributed by atoms with van der Waals surface area (Å²) in [5.74, 6) is -1.53. The zero-order chi connectivity index (χ0) is 14.7. The van der Waals surface area contributed by atoms with Gasteiger partial charge >= 0.3 is 0 Å². The molecule has 0 aliphatic carbocycles. The average molecular weight is 360 g/mol. The predicted octanol–water partition coefficient (Wildman–Crippen LogP) is 5.19. The van der Waals surface area contributed by atoms with Crippen molar-refractivity contribution in [2.45, 2.75) is 26.3 Å². The minimum atomic E-state index is -0.764. The molecule has 0 saturated heterocycles. The van der Waals surface area contributed by atoms with Crippen molar-refractivity contribution in [3.8, 4) is 0 Å². The Kier molecular flexibility index (Phi) is 5.29. The molecule has 1 atom stereocenters. The number of hydrogen-bond donors (Lipinski definition) is 1. The molecule has 108 valence electrons. The highest BCUT2D eigenvalue weighted by Crippen LogP contribution is 2.31. The van der Waals surface area contributed by atoms with Crippen molar-refractivity contribution in [3.05, 3.63) is 55.7 Å². The highest BCUT2D eigenvalue weighted by molar-refractivity contribution is 9.11. The summed E-state index contributed by atoms with van der Waals surface area (Å²) in [7, 11) is 0. The number of aryl methyl sites for hydroxylation is 1. The van der Waals surface area contributed by atoms with Crippen LogP contribution in [0, 0.1) is 18.6 Å². The number of hydrogen-bond acceptors (Lipinski definition) is 2. The number of nitrogens with one attached hydrogen (secondary N) is 1. The molecule has 1 N–H and O–H groups in total. The molecule has 5 heteroatoms. The first-order chi connectivity index (χ1) is 9.54. The first kappa shape index (κ1) is 15.6. The highest BCUT2D eigenvalue weighted by atomic mass is 79.9. The first-order valence-electron chi connectivity index (χ1n) is 6.46. The Morgan fingerprint density at radius 1 is 1.30 bits per heavy atom. The van der Waals surface area contributed by atoms with Crippen molar-refractivity contribution in [3.63, 3.8) is 0 Å². The summed E-state index contributed by atoms with van der Waals surface area (Å²) in [6.45, 7) is 4.35. The zero-order valence-corrected chi connectivity index (χ0v) is 13.7. The molecule has 0 spiro atoms. The van der Waals surface area contributed by atoms with E-state index in [0.29, 0.717) is 11.1 Å². The van der Waals surface area contributed by atoms with Crippen molar-refractivity contribution in [1.29, 1.82) is 0 Å². The van der Waals surface area contributed by atoms with Gasteiger partial charge in [-0.25, -0.2) is 8.78 Å². The Balaban J connectivity index is 2.43. The van der Waals surface area contributed by atoms with Crippen LogP contribution >= 0.6 is 27.3 Å². The fraction of sp³-hybridized carbons (Fsp3) is 0.333. The van der Waals surface area contributed by atoms with E-state index in [1.807, 2.05) is 18.4 Å². The number of thiophene rings is 1. The van der Waals surface area contributed by atoms with E-state index in [4.69, 9.17) is 0 Å². The number of benzene rings is 1. The van der Waals surface area contributed by atoms with E-state index in [2.05, 4.69) is 21.2 Å². The van der Waals surface area contributed by atoms with E-state index in [0.717, 1.165) is 22.3 Å². The summed E-state index contributed by atoms with van der Waals surface area (Å²) in [4.78, 5) is 0. The highest BCUT2D eigenvalue weighted by Gasteiger charge is 2.21. The third-order valence-electron chi connectivity index (χ3n) is 3.14. The number of halogens is 3. The molecule has 1 aromatic carbocycles. The van der Waals surface area contributed by atoms with Crippen LogP contribution in [0.2, 0.25) is 0 Å². The molecule has 2 aromatic rings. The Bertz CT molecular complexity index is 598. The molecule has 0 saturated carbocycles. The Morgan fingerprint density at radius 3 is 2.65 bits per heavy atom. The molecular weight excluding hydrogens is 344 g/mol. The molecule has 0 amide bonds. The van der Waals surface area contributed by atoms with Gasteiger partial charge in [-0.1, -0.05) is 19.1 Å². The summed E-state index contributed by atoms with van der Waals surface area (Å²) in [5, 5.41) is 5.23. The molecule has 1 aromatic heterocycles. The van der Waals surface area contributed by atoms with Gasteiger partial charge in [-0.2, -0.15) is 0 Å². The van der Waals surface area contributed by atoms with Crippen LogP contribution < -0.4 is 5.32 Å². The standard InChI is InChI=1S/C15H16BrF2NS/c1-3-6-19-15(10-7-12(16)20-8-10)11-5-4-9(2)13(17)14(11)18/h4-5,7-8,15,19H,3,6H2,1-2H3. The lowest BCUT2D eigenvalue weighted by Crippen LogP contribution is -2.24. The lowest BCUT2D eigenvalue weighted by Gasteiger charge is -2.19. The van der Waals surface area contributed by atoms with E-state index in [1.165, 1.54) is 11.3 Å². The summed E-state index contributed by atoms with van der Waals surface area (Å²) < 4.78 is 29.0. The molecule has 1 unspecified atom stereocenters. The topological polar surface area (TPSA) is 12.0 Å². The second kappa shape index (κ2) is 6.78. The Labute approximate surface area is 130 Å². The molecule has 0 radical (unpaired) electrons. The second-order valence-corrected chi connectivity index (χ2v) is 6.96. The van der Waals surface area contributed by atoms with E-state index in [9.17, 15) is 8.78 Å². The molecule has 1 heterocycles. The fourth-order valence-corrected chi connectivity index (χ4v) is 3.26. The van der Waals surface area contributed by atoms with Gasteiger partial charge in [0.15, 0.2) is 11.6 Å². The first-order valence-corrected chi connectivity index (χ1v) is 8.13. The third kappa shape index (κ3) is 3.27. The molecule has 20 heavy (non-hydrogen) atoms. The fourth-order valence-electron chi connectivity index (χ4n) is 2.05. The zero-order valence-electron chi connectivity index (χ0n) is 11.3. The molecule has 1 nitrogen and oxygen atoms in total. The maximum atomic E-state index is 14.2. The van der Waals surface area contributed by atoms with Gasteiger partial charge in [0, 0.05) is 5.56 Å². The molecule has 0 bridgehead atoms. The monoisotopic (exact) mass is 359 g/mol. The van der Waals surface area contributed by atoms with Crippen LogP contribution in [0.1, 0.15) is 36.1 Å². The van der Waals surface area contributed by atoms with Crippen molar-refractivity contribution in [2.24, 2.45) is 0 Å². The van der Waals surface area contributed by atoms with Crippen LogP contribution in [0.15, 0.2) is 27.4 Å². The van der Waals surface area contributed by atoms with Gasteiger partial charge in [0.05, 0.1) is 9.83 Å². The van der Waals surface area contributed by atoms with Crippen LogP contribution in [-0.4, -0.2) is 6.54 Å². The van der Waals surface area contributed by atoms with E-state index < -0.39 is 11.6 Å². The van der Waals surface area contributed by atoms with Crippen molar-refractivity contribution < 1.29 is 8.78 Å². The van der Waals surface area contributed by atoms with Crippen molar-refractivity contribution in [2.75, 3.05) is 6.54 Å². The van der Waals surface area contributed by atoms with Gasteiger partial charge in [-0.05, 0) is 58.4 Å². The Morgan fingerprint density at radius 2 is 2.05 bits per heavy atom. The average Bonchev–Trinajstić information content (AvgIpc) is 2.85. The minimum Gasteiger partial charge on any atom is -0.306 e. The molecule has 0 fully saturated rings. The summed E-state index contributed by atoms with van der Waals surface area (Å²) >= 11 is 4.94. The van der Waals surface area contributed by atoms with Gasteiger partial charge in [-0.3, -0.25) is 0 Å². The number of rotatable bonds is 5. The predicted molar refractivity (Wildman–Crippen MR) is 83.3 cm³/mol. The lowest BCUT2D eigenvalue weighted by atomic mass is 9.99. The van der Waals surface area contributed by atoms with Crippen molar-refractivity contribution in [1.82, 2.24) is 5.32 Å². The van der Waals surface area contributed by atoms with Gasteiger partial charge in [-0.15, -0.1) is 11.3 Å². The van der Waals surface area contributed by atoms with Crippen LogP contribution in [0.3, 0.4) is 0 Å². The van der Waals surface area contributed by atoms with Crippen LogP contribution in [0.25, 0.3) is 0 Å². The maximum absolute atomic E-state index is 14.2.